The third kappa shape index (κ3) is 12.1. The number of ether oxygens (including phenoxy) is 4. The van der Waals surface area contributed by atoms with E-state index in [-0.39, 0.29) is 49.3 Å². The van der Waals surface area contributed by atoms with Crippen LogP contribution in [0.1, 0.15) is 138 Å². The summed E-state index contributed by atoms with van der Waals surface area (Å²) in [7, 11) is 0. The van der Waals surface area contributed by atoms with Crippen molar-refractivity contribution in [2.24, 2.45) is 39.2 Å². The van der Waals surface area contributed by atoms with E-state index in [1.165, 1.54) is 71.0 Å². The van der Waals surface area contributed by atoms with Crippen molar-refractivity contribution in [1.29, 1.82) is 0 Å². The van der Waals surface area contributed by atoms with E-state index in [1.54, 1.807) is 4.57 Å². The Labute approximate surface area is 495 Å². The van der Waals surface area contributed by atoms with Crippen LogP contribution < -0.4 is 28.4 Å². The standard InChI is InChI=1S/C62H82N14O9/c63-38(17-18-47(64)61(79)80)31-48-56(53(77)60(84-48)76-35-71-50-57(65)69-34-70-58(50)76)82-33-39(32-72-66)67-21-5-1-2-6-22-68-62(81)83-40-19-27-75(28-20-40)59(78)42-14-4-3-13-41(42)49-45-29-36-11-7-23-73-25-9-15-43(51(36)73)54(45)85-55-44-16-10-26-74-24-8-12-37(52(44)74)30-46(49)55/h3-4,13-14,29,32,34-35,37-38,40,45,47-48,53-54,56,60,77H,1-2,5-12,15-28,30-31,33,63-64H2,(H5-,65,66,67,68,69,70,79,80,81)/p+1/t37?,38-,45?,47?,48+,53?,54?,56?,60?/m0/s1. The highest BCUT2D eigenvalue weighted by atomic mass is 16.6. The van der Waals surface area contributed by atoms with Gasteiger partial charge in [-0.05, 0) is 105 Å². The van der Waals surface area contributed by atoms with Crippen LogP contribution in [0.3, 0.4) is 0 Å². The molecule has 0 spiro atoms. The Hall–Kier alpha value is -7.05. The number of hydrazone groups is 1. The number of hydrogen-bond donors (Lipinski definition) is 7. The second kappa shape index (κ2) is 25.9. The fourth-order valence-electron chi connectivity index (χ4n) is 14.9. The molecule has 12 rings (SSSR count). The Morgan fingerprint density at radius 1 is 0.941 bits per heavy atom. The summed E-state index contributed by atoms with van der Waals surface area (Å²) in [6, 6.07) is 6.76. The van der Waals surface area contributed by atoms with E-state index >= 15 is 0 Å². The van der Waals surface area contributed by atoms with Crippen LogP contribution >= 0.6 is 0 Å². The number of nitrogens with zero attached hydrogens (tertiary/aromatic N) is 9. The van der Waals surface area contributed by atoms with Gasteiger partial charge in [0.2, 0.25) is 0 Å². The second-order valence-electron chi connectivity index (χ2n) is 24.4. The van der Waals surface area contributed by atoms with Crippen LogP contribution in [0.5, 0.6) is 0 Å². The van der Waals surface area contributed by atoms with Crippen molar-refractivity contribution in [2.75, 3.05) is 64.7 Å². The number of allylic oxidation sites excluding steroid dienone is 3. The molecule has 11 N–H and O–H groups in total. The summed E-state index contributed by atoms with van der Waals surface area (Å²) in [6.45, 7) is 6.35. The SMILES string of the molecule is N/N=C\C(COC1C(O)C(n2cnc3c(N)ncnc32)O[C@@H]1C[C@@H](N)CCC(N)C(=O)O)=NCCCCCCNC(=O)OC1CCN(C(=O)c2ccccc2C2=C3CC4CCC[N+]5=C4C(=C3OC3C4=C6C(=CC23)CCCN6CCC4)CCC5)CC1. The Morgan fingerprint density at radius 2 is 1.75 bits per heavy atom. The largest absolute Gasteiger partial charge is 0.484 e. The number of imidazole rings is 1. The summed E-state index contributed by atoms with van der Waals surface area (Å²) in [5, 5.41) is 27.6. The van der Waals surface area contributed by atoms with Crippen molar-refractivity contribution in [3.8, 4) is 0 Å². The number of nitrogen functional groups attached to an aromatic ring is 1. The Kier molecular flexibility index (Phi) is 17.8. The lowest BCUT2D eigenvalue weighted by Crippen LogP contribution is -2.46. The Balaban J connectivity index is 0.620. The number of likely N-dealkylation sites (tertiary alicyclic amines) is 1. The molecule has 85 heavy (non-hydrogen) atoms. The number of carbonyl (C=O) groups is 3. The molecule has 9 atom stereocenters. The van der Waals surface area contributed by atoms with Gasteiger partial charge in [-0.1, -0.05) is 37.1 Å². The fraction of sp³-hybridized carbons (Fsp3) is 0.597. The molecular formula is C62H83N14O9+. The number of nitrogens with one attached hydrogen (secondary N) is 1. The molecule has 9 heterocycles. The number of rotatable bonds is 21. The number of fused-ring (bicyclic) bond motifs is 4. The third-order valence-corrected chi connectivity index (χ3v) is 18.9. The number of hydrogen-bond acceptors (Lipinski definition) is 18. The van der Waals surface area contributed by atoms with Gasteiger partial charge in [0, 0.05) is 99.7 Å². The molecule has 7 aliphatic heterocycles. The van der Waals surface area contributed by atoms with Gasteiger partial charge in [0.15, 0.2) is 23.4 Å². The van der Waals surface area contributed by atoms with E-state index < -0.39 is 48.7 Å². The van der Waals surface area contributed by atoms with E-state index in [0.717, 1.165) is 114 Å². The van der Waals surface area contributed by atoms with Crippen molar-refractivity contribution in [3.63, 3.8) is 0 Å². The highest BCUT2D eigenvalue weighted by Gasteiger charge is 2.51. The van der Waals surface area contributed by atoms with Crippen molar-refractivity contribution in [3.05, 3.63) is 87.9 Å². The summed E-state index contributed by atoms with van der Waals surface area (Å²) in [6.07, 6.45) is 17.1. The highest BCUT2D eigenvalue weighted by Crippen LogP contribution is 2.55. The van der Waals surface area contributed by atoms with Crippen LogP contribution in [0.25, 0.3) is 16.7 Å². The number of unbranched alkanes of at least 4 members (excludes halogenated alkanes) is 3. The molecule has 3 fully saturated rings. The average Bonchev–Trinajstić information content (AvgIpc) is 1.92. The van der Waals surface area contributed by atoms with Crippen LogP contribution in [-0.2, 0) is 23.7 Å². The zero-order chi connectivity index (χ0) is 58.7. The predicted octanol–water partition coefficient (Wildman–Crippen LogP) is 5.11. The minimum absolute atomic E-state index is 0.0302. The molecule has 454 valence electrons. The zero-order valence-corrected chi connectivity index (χ0v) is 48.6. The lowest BCUT2D eigenvalue weighted by Gasteiger charge is -2.49. The van der Waals surface area contributed by atoms with E-state index in [4.69, 9.17) is 42.0 Å². The first-order valence-electron chi connectivity index (χ1n) is 31.1. The number of alkyl carbamates (subject to hydrolysis) is 1. The molecule has 7 unspecified atom stereocenters. The summed E-state index contributed by atoms with van der Waals surface area (Å²) >= 11 is 0. The fourth-order valence-corrected chi connectivity index (χ4v) is 14.9. The Morgan fingerprint density at radius 3 is 2.59 bits per heavy atom. The normalized spacial score (nSPS) is 26.6. The molecule has 2 amide bonds. The minimum Gasteiger partial charge on any atom is -0.484 e. The first kappa shape index (κ1) is 58.3. The van der Waals surface area contributed by atoms with Crippen molar-refractivity contribution in [2.45, 2.75) is 164 Å². The van der Waals surface area contributed by atoms with Crippen LogP contribution in [-0.4, -0.2) is 181 Å². The average molecular weight is 1170 g/mol. The monoisotopic (exact) mass is 1170 g/mol. The summed E-state index contributed by atoms with van der Waals surface area (Å²) in [5.74, 6) is 6.29. The molecule has 3 aromatic rings. The number of piperidine rings is 2. The molecule has 23 nitrogen and oxygen atoms in total. The van der Waals surface area contributed by atoms with Gasteiger partial charge in [-0.3, -0.25) is 19.1 Å². The number of carboxylic acid groups (broad SMARTS) is 1. The highest BCUT2D eigenvalue weighted by molar-refractivity contribution is 6.31. The number of carbonyl (C=O) groups excluding carboxylic acids is 2. The van der Waals surface area contributed by atoms with Crippen LogP contribution in [0.4, 0.5) is 10.6 Å². The van der Waals surface area contributed by atoms with E-state index in [1.807, 2.05) is 17.0 Å². The first-order valence-corrected chi connectivity index (χ1v) is 31.1. The number of aliphatic hydroxyl groups excluding tert-OH is 1. The van der Waals surface area contributed by atoms with Gasteiger partial charge in [0.1, 0.15) is 61.2 Å². The lowest BCUT2D eigenvalue weighted by molar-refractivity contribution is -0.538. The van der Waals surface area contributed by atoms with E-state index in [2.05, 4.69) is 58.0 Å². The van der Waals surface area contributed by atoms with Crippen molar-refractivity contribution in [1.82, 2.24) is 34.6 Å². The molecule has 0 radical (unpaired) electrons. The third-order valence-electron chi connectivity index (χ3n) is 18.9. The van der Waals surface area contributed by atoms with Gasteiger partial charge in [-0.25, -0.2) is 24.3 Å². The van der Waals surface area contributed by atoms with Gasteiger partial charge < -0.3 is 67.3 Å². The Bertz CT molecular complexity index is 3250. The predicted molar refractivity (Wildman–Crippen MR) is 319 cm³/mol. The number of aliphatic imine (C=N–C) groups is 1. The summed E-state index contributed by atoms with van der Waals surface area (Å²) in [5.41, 5.74) is 31.1. The quantitative estimate of drug-likeness (QED) is 0.0240. The molecule has 2 aromatic heterocycles. The first-order chi connectivity index (χ1) is 41.4. The molecule has 2 aliphatic carbocycles. The molecule has 0 saturated carbocycles. The molecule has 3 saturated heterocycles. The number of amides is 2. The molecule has 1 aromatic carbocycles. The molecule has 9 aliphatic rings. The maximum atomic E-state index is 14.9. The topological polar surface area (TPSA) is 323 Å². The number of nitrogens with two attached hydrogens (primary N) is 4. The van der Waals surface area contributed by atoms with Gasteiger partial charge in [-0.2, -0.15) is 5.10 Å². The molecule has 23 heteroatoms. The number of carboxylic acids is 1. The van der Waals surface area contributed by atoms with Gasteiger partial charge in [0.25, 0.3) is 5.91 Å². The second-order valence-corrected chi connectivity index (χ2v) is 24.4. The smallest absolute Gasteiger partial charge is 0.407 e. The number of aliphatic carboxylic acids is 1. The van der Waals surface area contributed by atoms with Crippen LogP contribution in [0.2, 0.25) is 0 Å². The van der Waals surface area contributed by atoms with E-state index in [9.17, 15) is 24.6 Å². The molecular weight excluding hydrogens is 1080 g/mol. The number of anilines is 1. The van der Waals surface area contributed by atoms with Crippen molar-refractivity contribution >= 4 is 58.2 Å². The van der Waals surface area contributed by atoms with Gasteiger partial charge in [0.05, 0.1) is 36.5 Å². The maximum Gasteiger partial charge on any atom is 0.407 e. The summed E-state index contributed by atoms with van der Waals surface area (Å²) < 4.78 is 30.3. The van der Waals surface area contributed by atoms with Crippen molar-refractivity contribution < 1.29 is 48.1 Å². The lowest BCUT2D eigenvalue weighted by atomic mass is 9.67. The van der Waals surface area contributed by atoms with Gasteiger partial charge in [-0.15, -0.1) is 0 Å². The minimum atomic E-state index is -1.20. The summed E-state index contributed by atoms with van der Waals surface area (Å²) in [4.78, 5) is 61.2. The number of aromatic nitrogens is 4. The van der Waals surface area contributed by atoms with Gasteiger partial charge >= 0.3 is 12.1 Å². The zero-order valence-electron chi connectivity index (χ0n) is 48.6. The maximum absolute atomic E-state index is 14.9. The van der Waals surface area contributed by atoms with Crippen LogP contribution in [0.15, 0.2) is 86.8 Å². The van der Waals surface area contributed by atoms with Crippen LogP contribution in [0, 0.1) is 11.8 Å². The number of benzene rings is 1. The molecule has 0 bridgehead atoms. The van der Waals surface area contributed by atoms with E-state index in [0.29, 0.717) is 68.2 Å². The number of aliphatic hydroxyl groups is 1.